The summed E-state index contributed by atoms with van der Waals surface area (Å²) < 4.78 is 3.28. The predicted molar refractivity (Wildman–Crippen MR) is 120 cm³/mol. The maximum absolute atomic E-state index is 13.6. The van der Waals surface area contributed by atoms with Crippen LogP contribution in [0.3, 0.4) is 0 Å². The second kappa shape index (κ2) is 7.28. The second-order valence-electron chi connectivity index (χ2n) is 7.07. The molecule has 0 atom stereocenters. The molecule has 0 N–H and O–H groups in total. The number of nitrogens with zero attached hydrogens (tertiary/aromatic N) is 4. The Balaban J connectivity index is 1.84. The smallest absolute Gasteiger partial charge is 0.268 e. The van der Waals surface area contributed by atoms with Crippen LogP contribution in [0, 0.1) is 6.92 Å². The van der Waals surface area contributed by atoms with Crippen LogP contribution < -0.4 is 5.56 Å². The topological polar surface area (TPSA) is 52.7 Å². The van der Waals surface area contributed by atoms with Gasteiger partial charge in [-0.05, 0) is 43.3 Å². The first-order chi connectivity index (χ1) is 14.6. The Kier molecular flexibility index (Phi) is 4.45. The molecule has 0 fully saturated rings. The van der Waals surface area contributed by atoms with Crippen molar-refractivity contribution in [1.29, 1.82) is 0 Å². The third kappa shape index (κ3) is 3.19. The molecule has 0 aliphatic rings. The molecule has 3 aromatic carbocycles. The molecule has 2 aromatic heterocycles. The molecule has 5 rings (SSSR count). The van der Waals surface area contributed by atoms with Gasteiger partial charge in [0.05, 0.1) is 11.4 Å². The molecule has 146 valence electrons. The number of para-hydroxylation sites is 1. The summed E-state index contributed by atoms with van der Waals surface area (Å²) in [6.07, 6.45) is 1.72. The molecule has 5 nitrogen and oxygen atoms in total. The monoisotopic (exact) mass is 412 g/mol. The lowest BCUT2D eigenvalue weighted by Crippen LogP contribution is -2.21. The Hall–Kier alpha value is -3.70. The van der Waals surface area contributed by atoms with Crippen molar-refractivity contribution in [1.82, 2.24) is 19.3 Å². The quantitative estimate of drug-likeness (QED) is 0.409. The molecule has 0 aliphatic carbocycles. The number of hydrogen-bond donors (Lipinski definition) is 0. The summed E-state index contributed by atoms with van der Waals surface area (Å²) in [7, 11) is 0. The fourth-order valence-electron chi connectivity index (χ4n) is 3.51. The zero-order valence-electron chi connectivity index (χ0n) is 16.2. The minimum absolute atomic E-state index is 0.194. The number of hydrogen-bond acceptors (Lipinski definition) is 3. The van der Waals surface area contributed by atoms with Crippen LogP contribution in [0.15, 0.2) is 89.9 Å². The largest absolute Gasteiger partial charge is 0.269 e. The summed E-state index contributed by atoms with van der Waals surface area (Å²) in [5.74, 6) is 0.525. The van der Waals surface area contributed by atoms with E-state index in [0.29, 0.717) is 27.6 Å². The molecule has 0 unspecified atom stereocenters. The van der Waals surface area contributed by atoms with E-state index in [-0.39, 0.29) is 5.56 Å². The van der Waals surface area contributed by atoms with Crippen molar-refractivity contribution in [3.63, 3.8) is 0 Å². The molecule has 0 bridgehead atoms. The van der Waals surface area contributed by atoms with E-state index in [2.05, 4.69) is 5.10 Å². The SMILES string of the molecule is Cc1cccc(-c2nc3nn(-c4ccccc4)cc3c(=O)n2-c2cccc(Cl)c2)c1. The lowest BCUT2D eigenvalue weighted by atomic mass is 10.1. The van der Waals surface area contributed by atoms with E-state index in [1.54, 1.807) is 27.6 Å². The van der Waals surface area contributed by atoms with Crippen LogP contribution in [-0.2, 0) is 0 Å². The highest BCUT2D eigenvalue weighted by Gasteiger charge is 2.18. The van der Waals surface area contributed by atoms with Crippen LogP contribution in [0.2, 0.25) is 5.02 Å². The Morgan fingerprint density at radius 2 is 1.63 bits per heavy atom. The number of aromatic nitrogens is 4. The van der Waals surface area contributed by atoms with Crippen molar-refractivity contribution in [2.24, 2.45) is 0 Å². The molecule has 0 saturated carbocycles. The average molecular weight is 413 g/mol. The van der Waals surface area contributed by atoms with Gasteiger partial charge in [-0.25, -0.2) is 9.67 Å². The highest BCUT2D eigenvalue weighted by molar-refractivity contribution is 6.30. The summed E-state index contributed by atoms with van der Waals surface area (Å²) >= 11 is 6.22. The van der Waals surface area contributed by atoms with E-state index in [0.717, 1.165) is 16.8 Å². The van der Waals surface area contributed by atoms with Crippen molar-refractivity contribution in [2.45, 2.75) is 6.92 Å². The van der Waals surface area contributed by atoms with Crippen molar-refractivity contribution in [3.8, 4) is 22.8 Å². The second-order valence-corrected chi connectivity index (χ2v) is 7.51. The summed E-state index contributed by atoms with van der Waals surface area (Å²) in [6.45, 7) is 2.01. The van der Waals surface area contributed by atoms with E-state index in [9.17, 15) is 4.79 Å². The Labute approximate surface area is 177 Å². The van der Waals surface area contributed by atoms with Crippen molar-refractivity contribution in [3.05, 3.63) is 106 Å². The highest BCUT2D eigenvalue weighted by Crippen LogP contribution is 2.24. The van der Waals surface area contributed by atoms with Gasteiger partial charge in [0.25, 0.3) is 5.56 Å². The van der Waals surface area contributed by atoms with Crippen LogP contribution in [0.25, 0.3) is 33.8 Å². The van der Waals surface area contributed by atoms with E-state index in [1.165, 1.54) is 0 Å². The predicted octanol–water partition coefficient (Wildman–Crippen LogP) is 5.20. The number of rotatable bonds is 3. The summed E-state index contributed by atoms with van der Waals surface area (Å²) in [5.41, 5.74) is 3.64. The van der Waals surface area contributed by atoms with Crippen LogP contribution >= 0.6 is 11.6 Å². The fraction of sp³-hybridized carbons (Fsp3) is 0.0417. The van der Waals surface area contributed by atoms with Gasteiger partial charge >= 0.3 is 0 Å². The van der Waals surface area contributed by atoms with E-state index >= 15 is 0 Å². The lowest BCUT2D eigenvalue weighted by Gasteiger charge is -2.13. The minimum atomic E-state index is -0.194. The van der Waals surface area contributed by atoms with Gasteiger partial charge in [0.1, 0.15) is 11.2 Å². The Bertz CT molecular complexity index is 1440. The van der Waals surface area contributed by atoms with Gasteiger partial charge in [-0.2, -0.15) is 0 Å². The molecule has 0 saturated heterocycles. The molecule has 0 radical (unpaired) electrons. The first kappa shape index (κ1) is 18.3. The van der Waals surface area contributed by atoms with Crippen LogP contribution in [0.4, 0.5) is 0 Å². The van der Waals surface area contributed by atoms with E-state index < -0.39 is 0 Å². The lowest BCUT2D eigenvalue weighted by molar-refractivity contribution is 0.888. The summed E-state index contributed by atoms with van der Waals surface area (Å²) in [5, 5.41) is 5.56. The van der Waals surface area contributed by atoms with E-state index in [4.69, 9.17) is 16.6 Å². The van der Waals surface area contributed by atoms with Crippen molar-refractivity contribution in [2.75, 3.05) is 0 Å². The van der Waals surface area contributed by atoms with Crippen LogP contribution in [-0.4, -0.2) is 19.3 Å². The van der Waals surface area contributed by atoms with Gasteiger partial charge in [-0.15, -0.1) is 5.10 Å². The summed E-state index contributed by atoms with van der Waals surface area (Å²) in [4.78, 5) is 18.4. The standard InChI is InChI=1S/C24H17ClN4O/c1-16-7-5-8-17(13-16)23-26-22-21(15-28(27-22)19-10-3-2-4-11-19)24(30)29(23)20-12-6-9-18(25)14-20/h2-15H,1H3. The van der Waals surface area contributed by atoms with Gasteiger partial charge < -0.3 is 0 Å². The molecule has 2 heterocycles. The molecule has 0 spiro atoms. The van der Waals surface area contributed by atoms with Crippen LogP contribution in [0.1, 0.15) is 5.56 Å². The zero-order chi connectivity index (χ0) is 20.7. The minimum Gasteiger partial charge on any atom is -0.268 e. The average Bonchev–Trinajstić information content (AvgIpc) is 3.19. The fourth-order valence-corrected chi connectivity index (χ4v) is 3.70. The zero-order valence-corrected chi connectivity index (χ0v) is 16.9. The van der Waals surface area contributed by atoms with E-state index in [1.807, 2.05) is 73.7 Å². The molecule has 0 amide bonds. The molecule has 30 heavy (non-hydrogen) atoms. The van der Waals surface area contributed by atoms with Gasteiger partial charge in [-0.3, -0.25) is 9.36 Å². The molecule has 5 aromatic rings. The van der Waals surface area contributed by atoms with Crippen LogP contribution in [0.5, 0.6) is 0 Å². The number of benzene rings is 3. The summed E-state index contributed by atoms with van der Waals surface area (Å²) in [6, 6.07) is 24.8. The molecule has 6 heteroatoms. The van der Waals surface area contributed by atoms with Gasteiger partial charge in [-0.1, -0.05) is 59.6 Å². The first-order valence-corrected chi connectivity index (χ1v) is 9.89. The normalized spacial score (nSPS) is 11.1. The Morgan fingerprint density at radius 1 is 0.867 bits per heavy atom. The molecule has 0 aliphatic heterocycles. The maximum atomic E-state index is 13.6. The highest BCUT2D eigenvalue weighted by atomic mass is 35.5. The van der Waals surface area contributed by atoms with Crippen molar-refractivity contribution < 1.29 is 0 Å². The number of aryl methyl sites for hydroxylation is 1. The molecular weight excluding hydrogens is 396 g/mol. The third-order valence-corrected chi connectivity index (χ3v) is 5.15. The number of halogens is 1. The van der Waals surface area contributed by atoms with Gasteiger partial charge in [0.2, 0.25) is 0 Å². The molecular formula is C24H17ClN4O. The van der Waals surface area contributed by atoms with Gasteiger partial charge in [0.15, 0.2) is 5.65 Å². The van der Waals surface area contributed by atoms with Gasteiger partial charge in [0, 0.05) is 16.8 Å². The maximum Gasteiger partial charge on any atom is 0.269 e. The third-order valence-electron chi connectivity index (χ3n) is 4.92. The first-order valence-electron chi connectivity index (χ1n) is 9.51. The number of fused-ring (bicyclic) bond motifs is 1. The van der Waals surface area contributed by atoms with Crippen molar-refractivity contribution >= 4 is 22.6 Å². The Morgan fingerprint density at radius 3 is 2.40 bits per heavy atom.